The highest BCUT2D eigenvalue weighted by molar-refractivity contribution is 7.86. The lowest BCUT2D eigenvalue weighted by Crippen LogP contribution is -2.46. The zero-order chi connectivity index (χ0) is 20.9. The van der Waals surface area contributed by atoms with Crippen molar-refractivity contribution in [3.8, 4) is 0 Å². The molecule has 1 heterocycles. The second-order valence-electron chi connectivity index (χ2n) is 6.87. The maximum Gasteiger partial charge on any atom is 0.323 e. The van der Waals surface area contributed by atoms with Gasteiger partial charge in [-0.05, 0) is 12.1 Å². The van der Waals surface area contributed by atoms with Crippen LogP contribution in [0.4, 0.5) is 0 Å². The van der Waals surface area contributed by atoms with Gasteiger partial charge in [0.05, 0.1) is 13.0 Å². The Kier molecular flexibility index (Phi) is 6.75. The number of hydrogen-bond acceptors (Lipinski definition) is 9. The predicted molar refractivity (Wildman–Crippen MR) is 97.2 cm³/mol. The number of aromatic nitrogens is 1. The number of fused-ring (bicyclic) bond motifs is 1. The van der Waals surface area contributed by atoms with Crippen molar-refractivity contribution in [3.63, 3.8) is 0 Å². The smallest absolute Gasteiger partial charge is 0.323 e. The van der Waals surface area contributed by atoms with Crippen LogP contribution in [0.15, 0.2) is 28.8 Å². The van der Waals surface area contributed by atoms with Gasteiger partial charge in [0.15, 0.2) is 5.58 Å². The molecule has 1 atom stereocenters. The number of carbonyl (C=O) groups is 2. The van der Waals surface area contributed by atoms with E-state index in [9.17, 15) is 23.1 Å². The number of carbonyl (C=O) groups excluding carboxylic acids is 2. The molecular formula is C17H22N2O8S. The summed E-state index contributed by atoms with van der Waals surface area (Å²) in [6, 6.07) is 6.66. The summed E-state index contributed by atoms with van der Waals surface area (Å²) in [7, 11) is -4.26. The van der Waals surface area contributed by atoms with Gasteiger partial charge in [0.1, 0.15) is 17.6 Å². The van der Waals surface area contributed by atoms with Gasteiger partial charge < -0.3 is 24.2 Å². The number of rotatable bonds is 9. The maximum atomic E-state index is 12.0. The first-order valence-electron chi connectivity index (χ1n) is 8.40. The van der Waals surface area contributed by atoms with Crippen LogP contribution in [-0.2, 0) is 29.6 Å². The fourth-order valence-corrected chi connectivity index (χ4v) is 3.22. The maximum absolute atomic E-state index is 12.0. The molecule has 1 aromatic heterocycles. The third-order valence-electron chi connectivity index (χ3n) is 4.01. The molecule has 28 heavy (non-hydrogen) atoms. The quantitative estimate of drug-likeness (QED) is 0.484. The Labute approximate surface area is 161 Å². The van der Waals surface area contributed by atoms with Gasteiger partial charge in [-0.3, -0.25) is 9.59 Å². The van der Waals surface area contributed by atoms with Crippen LogP contribution in [0.25, 0.3) is 11.0 Å². The van der Waals surface area contributed by atoms with Crippen LogP contribution >= 0.6 is 0 Å². The van der Waals surface area contributed by atoms with Crippen LogP contribution in [0.3, 0.4) is 0 Å². The normalized spacial score (nSPS) is 13.3. The molecule has 10 nitrogen and oxygen atoms in total. The summed E-state index contributed by atoms with van der Waals surface area (Å²) in [6.45, 7) is 2.33. The summed E-state index contributed by atoms with van der Waals surface area (Å²) in [6.07, 6.45) is -1.91. The third-order valence-corrected chi connectivity index (χ3v) is 5.08. The number of aliphatic hydroxyl groups is 2. The summed E-state index contributed by atoms with van der Waals surface area (Å²) in [5.74, 6) is -2.50. The van der Waals surface area contributed by atoms with Crippen molar-refractivity contribution in [2.75, 3.05) is 13.2 Å². The van der Waals surface area contributed by atoms with Crippen molar-refractivity contribution in [1.29, 1.82) is 0 Å². The van der Waals surface area contributed by atoms with Gasteiger partial charge in [-0.2, -0.15) is 8.42 Å². The molecule has 1 amide bonds. The number of para-hydroxylation sites is 1. The first-order valence-corrected chi connectivity index (χ1v) is 9.98. The van der Waals surface area contributed by atoms with Crippen LogP contribution < -0.4 is 5.32 Å². The molecule has 0 fully saturated rings. The van der Waals surface area contributed by atoms with E-state index in [-0.39, 0.29) is 12.2 Å². The summed E-state index contributed by atoms with van der Waals surface area (Å²) < 4.78 is 33.6. The minimum Gasteiger partial charge on any atom is -0.396 e. The van der Waals surface area contributed by atoms with E-state index in [0.29, 0.717) is 11.0 Å². The highest BCUT2D eigenvalue weighted by Crippen LogP contribution is 2.21. The Hall–Kier alpha value is -2.50. The molecule has 0 aliphatic heterocycles. The van der Waals surface area contributed by atoms with Crippen molar-refractivity contribution in [1.82, 2.24) is 10.5 Å². The Balaban J connectivity index is 1.86. The molecule has 0 saturated carbocycles. The lowest BCUT2D eigenvalue weighted by Gasteiger charge is -2.27. The number of hydrogen-bond donors (Lipinski definition) is 3. The summed E-state index contributed by atoms with van der Waals surface area (Å²) in [5, 5.41) is 25.4. The van der Waals surface area contributed by atoms with Crippen LogP contribution in [-0.4, -0.2) is 54.9 Å². The molecule has 1 aromatic carbocycles. The van der Waals surface area contributed by atoms with Gasteiger partial charge in [0.25, 0.3) is 0 Å². The van der Waals surface area contributed by atoms with E-state index in [1.165, 1.54) is 13.8 Å². The Morgan fingerprint density at radius 2 is 2.00 bits per heavy atom. The number of amides is 1. The van der Waals surface area contributed by atoms with Crippen molar-refractivity contribution in [2.45, 2.75) is 32.1 Å². The zero-order valence-electron chi connectivity index (χ0n) is 15.4. The zero-order valence-corrected chi connectivity index (χ0v) is 16.2. The molecule has 2 aromatic rings. The van der Waals surface area contributed by atoms with E-state index in [2.05, 4.69) is 14.7 Å². The highest BCUT2D eigenvalue weighted by atomic mass is 32.2. The fourth-order valence-electron chi connectivity index (χ4n) is 2.25. The van der Waals surface area contributed by atoms with Crippen molar-refractivity contribution in [2.24, 2.45) is 5.41 Å². The lowest BCUT2D eigenvalue weighted by molar-refractivity contribution is -0.137. The van der Waals surface area contributed by atoms with Crippen molar-refractivity contribution >= 4 is 33.0 Å². The molecule has 0 bridgehead atoms. The monoisotopic (exact) mass is 414 g/mol. The molecule has 0 aliphatic rings. The minimum absolute atomic E-state index is 0.117. The van der Waals surface area contributed by atoms with E-state index >= 15 is 0 Å². The standard InChI is InChI=1S/C17H22N2O8S/c1-17(2,10-20)15(22)16(23)18-8-7-14(21)27-28(24,25)9-12-11-5-3-4-6-13(11)26-19-12/h3-6,15,20,22H,7-10H2,1-2H3,(H,18,23)/t15-/m0/s1. The van der Waals surface area contributed by atoms with E-state index in [4.69, 9.17) is 9.63 Å². The van der Waals surface area contributed by atoms with Gasteiger partial charge in [-0.1, -0.05) is 31.1 Å². The van der Waals surface area contributed by atoms with Crippen molar-refractivity contribution in [3.05, 3.63) is 30.0 Å². The summed E-state index contributed by atoms with van der Waals surface area (Å²) in [4.78, 5) is 23.5. The average Bonchev–Trinajstić information content (AvgIpc) is 3.02. The molecule has 3 N–H and O–H groups in total. The highest BCUT2D eigenvalue weighted by Gasteiger charge is 2.32. The van der Waals surface area contributed by atoms with Crippen molar-refractivity contribution < 1.29 is 36.9 Å². The van der Waals surface area contributed by atoms with E-state index in [1.807, 2.05) is 0 Å². The third kappa shape index (κ3) is 5.50. The second kappa shape index (κ2) is 8.67. The predicted octanol–water partition coefficient (Wildman–Crippen LogP) is 0.0865. The fraction of sp³-hybridized carbons (Fsp3) is 0.471. The van der Waals surface area contributed by atoms with Gasteiger partial charge in [0, 0.05) is 17.3 Å². The van der Waals surface area contributed by atoms with Crippen LogP contribution in [0.5, 0.6) is 0 Å². The second-order valence-corrected chi connectivity index (χ2v) is 8.44. The SMILES string of the molecule is CC(C)(CO)[C@@H](O)C(=O)NCCC(=O)OS(=O)(=O)Cc1noc2ccccc12. The van der Waals surface area contributed by atoms with Crippen LogP contribution in [0.2, 0.25) is 0 Å². The Morgan fingerprint density at radius 1 is 1.32 bits per heavy atom. The van der Waals surface area contributed by atoms with E-state index in [1.54, 1.807) is 24.3 Å². The molecule has 0 radical (unpaired) electrons. The van der Waals surface area contributed by atoms with Gasteiger partial charge in [-0.25, -0.2) is 0 Å². The van der Waals surface area contributed by atoms with E-state index in [0.717, 1.165) is 0 Å². The first-order chi connectivity index (χ1) is 13.1. The average molecular weight is 414 g/mol. The molecule has 154 valence electrons. The van der Waals surface area contributed by atoms with Crippen LogP contribution in [0.1, 0.15) is 26.0 Å². The largest absolute Gasteiger partial charge is 0.396 e. The lowest BCUT2D eigenvalue weighted by atomic mass is 9.87. The number of nitrogens with one attached hydrogen (secondary N) is 1. The Morgan fingerprint density at radius 3 is 2.68 bits per heavy atom. The first kappa shape index (κ1) is 21.8. The number of nitrogens with zero attached hydrogens (tertiary/aromatic N) is 1. The molecule has 0 spiro atoms. The molecule has 0 unspecified atom stereocenters. The molecule has 0 aliphatic carbocycles. The number of aliphatic hydroxyl groups excluding tert-OH is 2. The van der Waals surface area contributed by atoms with Gasteiger partial charge >= 0.3 is 16.1 Å². The van der Waals surface area contributed by atoms with Gasteiger partial charge in [-0.15, -0.1) is 0 Å². The molecule has 11 heteroatoms. The molecule has 0 saturated heterocycles. The topological polar surface area (TPSA) is 156 Å². The minimum atomic E-state index is -4.26. The van der Waals surface area contributed by atoms with E-state index < -0.39 is 52.3 Å². The number of benzene rings is 1. The van der Waals surface area contributed by atoms with Crippen LogP contribution in [0, 0.1) is 5.41 Å². The summed E-state index contributed by atoms with van der Waals surface area (Å²) in [5.41, 5.74) is -0.536. The Bertz CT molecular complexity index is 951. The molecular weight excluding hydrogens is 392 g/mol. The molecule has 2 rings (SSSR count). The van der Waals surface area contributed by atoms with Gasteiger partial charge in [0.2, 0.25) is 5.91 Å². The summed E-state index contributed by atoms with van der Waals surface area (Å²) >= 11 is 0.